The van der Waals surface area contributed by atoms with Gasteiger partial charge < -0.3 is 15.3 Å². The van der Waals surface area contributed by atoms with Crippen LogP contribution in [-0.4, -0.2) is 48.1 Å². The van der Waals surface area contributed by atoms with E-state index in [0.29, 0.717) is 26.2 Å². The Labute approximate surface area is 209 Å². The average molecular weight is 494 g/mol. The number of carboxylic acid groups (broad SMARTS) is 1. The number of carbonyl (C=O) groups is 2. The van der Waals surface area contributed by atoms with E-state index in [4.69, 9.17) is 0 Å². The average Bonchev–Trinajstić information content (AvgIpc) is 2.87. The summed E-state index contributed by atoms with van der Waals surface area (Å²) in [5.74, 6) is -2.25. The van der Waals surface area contributed by atoms with E-state index in [-0.39, 0.29) is 40.8 Å². The van der Waals surface area contributed by atoms with Gasteiger partial charge in [0.1, 0.15) is 11.6 Å². The molecule has 8 heteroatoms. The van der Waals surface area contributed by atoms with Crippen LogP contribution in [0, 0.1) is 17.6 Å². The highest BCUT2D eigenvalue weighted by Crippen LogP contribution is 2.32. The normalized spacial score (nSPS) is 14.3. The maximum Gasteiger partial charge on any atom is 0.337 e. The third kappa shape index (κ3) is 5.71. The van der Waals surface area contributed by atoms with Gasteiger partial charge in [-0.3, -0.25) is 9.69 Å². The molecule has 0 aromatic heterocycles. The van der Waals surface area contributed by atoms with Crippen molar-refractivity contribution in [3.05, 3.63) is 95.1 Å². The molecule has 0 saturated carbocycles. The molecule has 3 aromatic carbocycles. The van der Waals surface area contributed by atoms with Crippen LogP contribution in [-0.2, 0) is 4.79 Å². The molecule has 1 heterocycles. The number of benzene rings is 3. The summed E-state index contributed by atoms with van der Waals surface area (Å²) >= 11 is 0. The Morgan fingerprint density at radius 1 is 0.833 bits per heavy atom. The van der Waals surface area contributed by atoms with Gasteiger partial charge in [-0.15, -0.1) is 0 Å². The van der Waals surface area contributed by atoms with E-state index >= 15 is 0 Å². The van der Waals surface area contributed by atoms with E-state index in [2.05, 4.69) is 15.1 Å². The first kappa shape index (κ1) is 25.3. The highest BCUT2D eigenvalue weighted by atomic mass is 19.1. The number of carboxylic acids is 1. The first-order chi connectivity index (χ1) is 17.2. The maximum atomic E-state index is 13.6. The van der Waals surface area contributed by atoms with Crippen molar-refractivity contribution in [3.63, 3.8) is 0 Å². The van der Waals surface area contributed by atoms with Crippen molar-refractivity contribution in [1.82, 2.24) is 4.90 Å². The molecule has 2 N–H and O–H groups in total. The van der Waals surface area contributed by atoms with Crippen LogP contribution in [0.1, 0.15) is 41.4 Å². The molecular formula is C28H29F2N3O3. The second-order valence-corrected chi connectivity index (χ2v) is 9.21. The Morgan fingerprint density at radius 2 is 1.36 bits per heavy atom. The summed E-state index contributed by atoms with van der Waals surface area (Å²) in [6, 6.07) is 17.6. The minimum Gasteiger partial charge on any atom is -0.478 e. The smallest absolute Gasteiger partial charge is 0.337 e. The van der Waals surface area contributed by atoms with Gasteiger partial charge in [0, 0.05) is 37.8 Å². The lowest BCUT2D eigenvalue weighted by Crippen LogP contribution is -2.48. The lowest BCUT2D eigenvalue weighted by atomic mass is 9.96. The van der Waals surface area contributed by atoms with Crippen molar-refractivity contribution in [1.29, 1.82) is 0 Å². The number of rotatable bonds is 7. The number of hydrogen-bond donors (Lipinski definition) is 2. The predicted molar refractivity (Wildman–Crippen MR) is 135 cm³/mol. The van der Waals surface area contributed by atoms with Gasteiger partial charge >= 0.3 is 5.97 Å². The Balaban J connectivity index is 1.54. The topological polar surface area (TPSA) is 72.9 Å². The number of halogens is 2. The summed E-state index contributed by atoms with van der Waals surface area (Å²) in [7, 11) is 0. The minimum absolute atomic E-state index is 0.0411. The molecule has 0 atom stereocenters. The number of hydrogen-bond acceptors (Lipinski definition) is 4. The quantitative estimate of drug-likeness (QED) is 0.475. The van der Waals surface area contributed by atoms with Gasteiger partial charge in [-0.2, -0.15) is 0 Å². The predicted octanol–water partition coefficient (Wildman–Crippen LogP) is 5.17. The monoisotopic (exact) mass is 493 g/mol. The zero-order chi connectivity index (χ0) is 25.8. The van der Waals surface area contributed by atoms with Crippen LogP contribution in [0.5, 0.6) is 0 Å². The number of carbonyl (C=O) groups excluding carboxylic acids is 1. The molecule has 4 rings (SSSR count). The molecule has 1 fully saturated rings. The molecule has 0 radical (unpaired) electrons. The van der Waals surface area contributed by atoms with Gasteiger partial charge in [0.25, 0.3) is 0 Å². The van der Waals surface area contributed by atoms with Crippen LogP contribution >= 0.6 is 0 Å². The molecule has 188 valence electrons. The second-order valence-electron chi connectivity index (χ2n) is 9.21. The molecule has 36 heavy (non-hydrogen) atoms. The minimum atomic E-state index is -1.11. The molecule has 0 spiro atoms. The summed E-state index contributed by atoms with van der Waals surface area (Å²) < 4.78 is 27.2. The molecule has 6 nitrogen and oxygen atoms in total. The van der Waals surface area contributed by atoms with Crippen molar-refractivity contribution in [2.75, 3.05) is 36.4 Å². The van der Waals surface area contributed by atoms with Crippen molar-refractivity contribution < 1.29 is 23.5 Å². The Kier molecular flexibility index (Phi) is 7.64. The fraction of sp³-hybridized carbons (Fsp3) is 0.286. The molecule has 0 unspecified atom stereocenters. The van der Waals surface area contributed by atoms with Crippen LogP contribution < -0.4 is 10.2 Å². The molecular weight excluding hydrogens is 464 g/mol. The van der Waals surface area contributed by atoms with Crippen molar-refractivity contribution in [3.8, 4) is 0 Å². The molecule has 1 aliphatic rings. The van der Waals surface area contributed by atoms with E-state index in [1.54, 1.807) is 50.2 Å². The Morgan fingerprint density at radius 3 is 1.83 bits per heavy atom. The van der Waals surface area contributed by atoms with Crippen LogP contribution in [0.4, 0.5) is 20.2 Å². The van der Waals surface area contributed by atoms with Crippen LogP contribution in [0.25, 0.3) is 0 Å². The van der Waals surface area contributed by atoms with Crippen LogP contribution in [0.3, 0.4) is 0 Å². The fourth-order valence-electron chi connectivity index (χ4n) is 4.43. The summed E-state index contributed by atoms with van der Waals surface area (Å²) in [4.78, 5) is 28.3. The number of piperazine rings is 1. The molecule has 3 aromatic rings. The van der Waals surface area contributed by atoms with E-state index in [1.807, 2.05) is 6.07 Å². The summed E-state index contributed by atoms with van der Waals surface area (Å²) in [5, 5.41) is 12.4. The van der Waals surface area contributed by atoms with E-state index in [0.717, 1.165) is 16.8 Å². The molecule has 1 amide bonds. The lowest BCUT2D eigenvalue weighted by Gasteiger charge is -2.40. The fourth-order valence-corrected chi connectivity index (χ4v) is 4.43. The number of aromatic carboxylic acids is 1. The molecule has 0 aliphatic carbocycles. The summed E-state index contributed by atoms with van der Waals surface area (Å²) in [6.45, 7) is 6.08. The van der Waals surface area contributed by atoms with E-state index < -0.39 is 5.97 Å². The third-order valence-electron chi connectivity index (χ3n) is 6.43. The first-order valence-corrected chi connectivity index (χ1v) is 11.9. The van der Waals surface area contributed by atoms with Crippen LogP contribution in [0.15, 0.2) is 66.7 Å². The molecule has 1 saturated heterocycles. The molecule has 0 bridgehead atoms. The zero-order valence-electron chi connectivity index (χ0n) is 20.2. The second kappa shape index (κ2) is 10.9. The number of amides is 1. The third-order valence-corrected chi connectivity index (χ3v) is 6.43. The van der Waals surface area contributed by atoms with Crippen molar-refractivity contribution in [2.45, 2.75) is 19.9 Å². The van der Waals surface area contributed by atoms with Gasteiger partial charge in [-0.1, -0.05) is 38.1 Å². The van der Waals surface area contributed by atoms with E-state index in [9.17, 15) is 23.5 Å². The number of nitrogens with one attached hydrogen (secondary N) is 1. The number of nitrogens with zero attached hydrogens (tertiary/aromatic N) is 2. The van der Waals surface area contributed by atoms with Gasteiger partial charge in [-0.25, -0.2) is 13.6 Å². The van der Waals surface area contributed by atoms with Gasteiger partial charge in [0.05, 0.1) is 17.3 Å². The zero-order valence-corrected chi connectivity index (χ0v) is 20.2. The van der Waals surface area contributed by atoms with Crippen molar-refractivity contribution >= 4 is 23.3 Å². The van der Waals surface area contributed by atoms with Gasteiger partial charge in [0.15, 0.2) is 0 Å². The maximum absolute atomic E-state index is 13.6. The SMILES string of the molecule is CC(C)C(=O)Nc1ccc(N2CCN(C(c3ccc(F)cc3)c3ccc(F)cc3)CC2)cc1C(=O)O. The Hall–Kier alpha value is -3.78. The standard InChI is InChI=1S/C28H29F2N3O3/c1-18(2)27(34)31-25-12-11-23(17-24(25)28(35)36)32-13-15-33(16-14-32)26(19-3-7-21(29)8-4-19)20-5-9-22(30)10-6-20/h3-12,17-18,26H,13-16H2,1-2H3,(H,31,34)(H,35,36). The van der Waals surface area contributed by atoms with Crippen molar-refractivity contribution in [2.24, 2.45) is 5.92 Å². The largest absolute Gasteiger partial charge is 0.478 e. The highest BCUT2D eigenvalue weighted by molar-refractivity contribution is 6.01. The summed E-state index contributed by atoms with van der Waals surface area (Å²) in [6.07, 6.45) is 0. The van der Waals surface area contributed by atoms with Gasteiger partial charge in [0.2, 0.25) is 5.91 Å². The first-order valence-electron chi connectivity index (χ1n) is 11.9. The van der Waals surface area contributed by atoms with Crippen LogP contribution in [0.2, 0.25) is 0 Å². The highest BCUT2D eigenvalue weighted by Gasteiger charge is 2.27. The number of anilines is 2. The Bertz CT molecular complexity index is 1180. The molecule has 1 aliphatic heterocycles. The summed E-state index contributed by atoms with van der Waals surface area (Å²) in [5.41, 5.74) is 2.90. The van der Waals surface area contributed by atoms with Gasteiger partial charge in [-0.05, 0) is 53.6 Å². The van der Waals surface area contributed by atoms with E-state index in [1.165, 1.54) is 24.3 Å². The lowest BCUT2D eigenvalue weighted by molar-refractivity contribution is -0.118.